The number of rotatable bonds is 4. The third-order valence-corrected chi connectivity index (χ3v) is 5.74. The SMILES string of the molecule is Clc1cccc(-c2c[nH]c3ncnc(N4CCN(Cc5ccccc5)CC4)c23)c1. The molecule has 146 valence electrons. The molecule has 2 aromatic heterocycles. The summed E-state index contributed by atoms with van der Waals surface area (Å²) in [6.07, 6.45) is 3.65. The van der Waals surface area contributed by atoms with Crippen LogP contribution in [0.5, 0.6) is 0 Å². The normalized spacial score (nSPS) is 15.1. The van der Waals surface area contributed by atoms with E-state index in [4.69, 9.17) is 11.6 Å². The minimum Gasteiger partial charge on any atom is -0.353 e. The maximum atomic E-state index is 6.23. The molecule has 0 bridgehead atoms. The number of H-pyrrole nitrogens is 1. The molecule has 1 saturated heterocycles. The van der Waals surface area contributed by atoms with Gasteiger partial charge in [-0.05, 0) is 23.3 Å². The third-order valence-electron chi connectivity index (χ3n) is 5.51. The summed E-state index contributed by atoms with van der Waals surface area (Å²) >= 11 is 6.23. The molecule has 29 heavy (non-hydrogen) atoms. The van der Waals surface area contributed by atoms with Crippen LogP contribution in [0.4, 0.5) is 5.82 Å². The zero-order chi connectivity index (χ0) is 19.6. The number of fused-ring (bicyclic) bond motifs is 1. The molecule has 1 aliphatic rings. The van der Waals surface area contributed by atoms with E-state index in [0.717, 1.165) is 65.7 Å². The van der Waals surface area contributed by atoms with Crippen LogP contribution in [0, 0.1) is 0 Å². The number of benzene rings is 2. The molecule has 0 amide bonds. The molecular weight excluding hydrogens is 382 g/mol. The average molecular weight is 404 g/mol. The molecule has 6 heteroatoms. The minimum atomic E-state index is 0.727. The van der Waals surface area contributed by atoms with Crippen LogP contribution in [-0.4, -0.2) is 46.0 Å². The van der Waals surface area contributed by atoms with Crippen LogP contribution < -0.4 is 4.90 Å². The van der Waals surface area contributed by atoms with Gasteiger partial charge in [0.15, 0.2) is 0 Å². The molecule has 2 aromatic carbocycles. The first kappa shape index (κ1) is 18.2. The van der Waals surface area contributed by atoms with Gasteiger partial charge in [-0.25, -0.2) is 9.97 Å². The van der Waals surface area contributed by atoms with Gasteiger partial charge in [-0.3, -0.25) is 4.90 Å². The van der Waals surface area contributed by atoms with E-state index >= 15 is 0 Å². The largest absolute Gasteiger partial charge is 0.353 e. The summed E-state index contributed by atoms with van der Waals surface area (Å²) in [7, 11) is 0. The Balaban J connectivity index is 1.40. The highest BCUT2D eigenvalue weighted by atomic mass is 35.5. The molecule has 5 nitrogen and oxygen atoms in total. The smallest absolute Gasteiger partial charge is 0.143 e. The van der Waals surface area contributed by atoms with Crippen LogP contribution in [-0.2, 0) is 6.54 Å². The van der Waals surface area contributed by atoms with Gasteiger partial charge >= 0.3 is 0 Å². The lowest BCUT2D eigenvalue weighted by atomic mass is 10.1. The van der Waals surface area contributed by atoms with Crippen molar-refractivity contribution in [3.05, 3.63) is 77.7 Å². The van der Waals surface area contributed by atoms with E-state index in [1.54, 1.807) is 6.33 Å². The van der Waals surface area contributed by atoms with Gasteiger partial charge < -0.3 is 9.88 Å². The number of hydrogen-bond donors (Lipinski definition) is 1. The molecule has 1 fully saturated rings. The first-order chi connectivity index (χ1) is 14.3. The van der Waals surface area contributed by atoms with Crippen molar-refractivity contribution in [3.8, 4) is 11.1 Å². The van der Waals surface area contributed by atoms with E-state index in [1.165, 1.54) is 5.56 Å². The van der Waals surface area contributed by atoms with Crippen molar-refractivity contribution in [1.29, 1.82) is 0 Å². The molecule has 3 heterocycles. The highest BCUT2D eigenvalue weighted by Crippen LogP contribution is 2.34. The Kier molecular flexibility index (Phi) is 4.92. The quantitative estimate of drug-likeness (QED) is 0.541. The van der Waals surface area contributed by atoms with Gasteiger partial charge in [0.1, 0.15) is 17.8 Å². The fourth-order valence-electron chi connectivity index (χ4n) is 4.03. The topological polar surface area (TPSA) is 48.1 Å². The lowest BCUT2D eigenvalue weighted by Gasteiger charge is -2.35. The highest BCUT2D eigenvalue weighted by Gasteiger charge is 2.22. The van der Waals surface area contributed by atoms with E-state index in [9.17, 15) is 0 Å². The number of nitrogens with zero attached hydrogens (tertiary/aromatic N) is 4. The van der Waals surface area contributed by atoms with Gasteiger partial charge in [0.2, 0.25) is 0 Å². The van der Waals surface area contributed by atoms with Gasteiger partial charge in [0.05, 0.1) is 5.39 Å². The van der Waals surface area contributed by atoms with Crippen LogP contribution in [0.3, 0.4) is 0 Å². The fraction of sp³-hybridized carbons (Fsp3) is 0.217. The van der Waals surface area contributed by atoms with Crippen LogP contribution in [0.1, 0.15) is 5.56 Å². The summed E-state index contributed by atoms with van der Waals surface area (Å²) in [5.74, 6) is 0.991. The number of aromatic nitrogens is 3. The number of nitrogens with one attached hydrogen (secondary N) is 1. The van der Waals surface area contributed by atoms with Crippen molar-refractivity contribution < 1.29 is 0 Å². The number of piperazine rings is 1. The maximum Gasteiger partial charge on any atom is 0.143 e. The lowest BCUT2D eigenvalue weighted by molar-refractivity contribution is 0.249. The number of anilines is 1. The summed E-state index contributed by atoms with van der Waals surface area (Å²) in [4.78, 5) is 17.3. The van der Waals surface area contributed by atoms with Crippen molar-refractivity contribution in [2.45, 2.75) is 6.54 Å². The van der Waals surface area contributed by atoms with E-state index in [-0.39, 0.29) is 0 Å². The van der Waals surface area contributed by atoms with E-state index in [2.05, 4.69) is 61.1 Å². The minimum absolute atomic E-state index is 0.727. The molecule has 0 saturated carbocycles. The first-order valence-electron chi connectivity index (χ1n) is 9.87. The molecule has 0 atom stereocenters. The molecule has 1 N–H and O–H groups in total. The van der Waals surface area contributed by atoms with Gasteiger partial charge in [0, 0.05) is 49.5 Å². The van der Waals surface area contributed by atoms with Crippen molar-refractivity contribution >= 4 is 28.5 Å². The maximum absolute atomic E-state index is 6.23. The molecule has 0 radical (unpaired) electrons. The zero-order valence-electron chi connectivity index (χ0n) is 16.1. The van der Waals surface area contributed by atoms with Crippen molar-refractivity contribution in [2.24, 2.45) is 0 Å². The second kappa shape index (κ2) is 7.85. The average Bonchev–Trinajstić information content (AvgIpc) is 3.20. The van der Waals surface area contributed by atoms with E-state index in [1.807, 2.05) is 24.4 Å². The predicted molar refractivity (Wildman–Crippen MR) is 118 cm³/mol. The van der Waals surface area contributed by atoms with E-state index < -0.39 is 0 Å². The zero-order valence-corrected chi connectivity index (χ0v) is 16.8. The highest BCUT2D eigenvalue weighted by molar-refractivity contribution is 6.31. The number of hydrogen-bond acceptors (Lipinski definition) is 4. The van der Waals surface area contributed by atoms with Crippen LogP contribution in [0.15, 0.2) is 67.1 Å². The Morgan fingerprint density at radius 2 is 1.76 bits per heavy atom. The van der Waals surface area contributed by atoms with Crippen molar-refractivity contribution in [2.75, 3.05) is 31.1 Å². The molecule has 0 spiro atoms. The molecule has 0 unspecified atom stereocenters. The Morgan fingerprint density at radius 1 is 0.931 bits per heavy atom. The Bertz CT molecular complexity index is 1120. The van der Waals surface area contributed by atoms with Gasteiger partial charge in [-0.2, -0.15) is 0 Å². The third kappa shape index (κ3) is 3.71. The van der Waals surface area contributed by atoms with Gasteiger partial charge in [0.25, 0.3) is 0 Å². The summed E-state index contributed by atoms with van der Waals surface area (Å²) in [6, 6.07) is 18.6. The Morgan fingerprint density at radius 3 is 2.55 bits per heavy atom. The predicted octanol–water partition coefficient (Wildman–Crippen LogP) is 4.60. The molecule has 4 aromatic rings. The van der Waals surface area contributed by atoms with Crippen LogP contribution in [0.25, 0.3) is 22.2 Å². The summed E-state index contributed by atoms with van der Waals surface area (Å²) in [6.45, 7) is 4.90. The number of halogens is 1. The summed E-state index contributed by atoms with van der Waals surface area (Å²) in [5, 5.41) is 1.79. The monoisotopic (exact) mass is 403 g/mol. The summed E-state index contributed by atoms with van der Waals surface area (Å²) in [5.41, 5.74) is 4.38. The fourth-order valence-corrected chi connectivity index (χ4v) is 4.22. The van der Waals surface area contributed by atoms with Crippen LogP contribution in [0.2, 0.25) is 5.02 Å². The van der Waals surface area contributed by atoms with Crippen LogP contribution >= 0.6 is 11.6 Å². The second-order valence-corrected chi connectivity index (χ2v) is 7.82. The summed E-state index contributed by atoms with van der Waals surface area (Å²) < 4.78 is 0. The first-order valence-corrected chi connectivity index (χ1v) is 10.2. The van der Waals surface area contributed by atoms with Crippen molar-refractivity contribution in [1.82, 2.24) is 19.9 Å². The van der Waals surface area contributed by atoms with Gasteiger partial charge in [-0.15, -0.1) is 0 Å². The second-order valence-electron chi connectivity index (χ2n) is 7.38. The lowest BCUT2D eigenvalue weighted by Crippen LogP contribution is -2.46. The van der Waals surface area contributed by atoms with Crippen molar-refractivity contribution in [3.63, 3.8) is 0 Å². The molecule has 1 aliphatic heterocycles. The Hall–Kier alpha value is -2.89. The molecule has 0 aliphatic carbocycles. The number of aromatic amines is 1. The molecule has 5 rings (SSSR count). The Labute approximate surface area is 175 Å². The van der Waals surface area contributed by atoms with Gasteiger partial charge in [-0.1, -0.05) is 54.1 Å². The standard InChI is InChI=1S/C23H22ClN5/c24-19-8-4-7-18(13-19)20-14-25-22-21(20)23(27-16-26-22)29-11-9-28(10-12-29)15-17-5-2-1-3-6-17/h1-8,13-14,16H,9-12,15H2,(H,25,26,27). The molecular formula is C23H22ClN5. The van der Waals surface area contributed by atoms with E-state index in [0.29, 0.717) is 0 Å².